The van der Waals surface area contributed by atoms with Crippen molar-refractivity contribution >= 4 is 17.5 Å². The topological polar surface area (TPSA) is 76.1 Å². The van der Waals surface area contributed by atoms with Gasteiger partial charge in [0.1, 0.15) is 11.6 Å². The zero-order valence-electron chi connectivity index (χ0n) is 10.1. The Morgan fingerprint density at radius 2 is 2.16 bits per heavy atom. The van der Waals surface area contributed by atoms with E-state index in [4.69, 9.17) is 0 Å². The maximum Gasteiger partial charge on any atom is 0.278 e. The van der Waals surface area contributed by atoms with Gasteiger partial charge in [-0.05, 0) is 24.3 Å². The van der Waals surface area contributed by atoms with E-state index in [1.165, 1.54) is 25.4 Å². The lowest BCUT2D eigenvalue weighted by atomic mass is 10.2. The number of carbonyl (C=O) groups is 1. The lowest BCUT2D eigenvalue weighted by Crippen LogP contribution is -2.23. The van der Waals surface area contributed by atoms with E-state index >= 15 is 0 Å². The zero-order valence-corrected chi connectivity index (χ0v) is 10.1. The molecule has 2 N–H and O–H groups in total. The van der Waals surface area contributed by atoms with Gasteiger partial charge in [-0.3, -0.25) is 9.63 Å². The Labute approximate surface area is 108 Å². The molecule has 0 bridgehead atoms. The van der Waals surface area contributed by atoms with Gasteiger partial charge < -0.3 is 5.32 Å². The predicted molar refractivity (Wildman–Crippen MR) is 66.2 cm³/mol. The van der Waals surface area contributed by atoms with E-state index in [-0.39, 0.29) is 17.2 Å². The van der Waals surface area contributed by atoms with Crippen molar-refractivity contribution in [3.8, 4) is 0 Å². The van der Waals surface area contributed by atoms with Crippen LogP contribution in [0.25, 0.3) is 0 Å². The molecule has 0 radical (unpaired) electrons. The predicted octanol–water partition coefficient (Wildman–Crippen LogP) is 1.65. The molecule has 0 aromatic carbocycles. The number of carbonyl (C=O) groups excluding carboxylic acids is 1. The van der Waals surface area contributed by atoms with Gasteiger partial charge in [0.2, 0.25) is 5.95 Å². The number of nitrogens with one attached hydrogen (secondary N) is 2. The number of anilines is 2. The number of pyridine rings is 2. The van der Waals surface area contributed by atoms with E-state index in [1.807, 2.05) is 0 Å². The van der Waals surface area contributed by atoms with Crippen LogP contribution in [0.2, 0.25) is 0 Å². The maximum atomic E-state index is 13.0. The summed E-state index contributed by atoms with van der Waals surface area (Å²) in [6, 6.07) is 7.46. The SMILES string of the molecule is CONC(=O)c1cccnc1Nc1cccc(F)n1. The van der Waals surface area contributed by atoms with Crippen LogP contribution in [-0.4, -0.2) is 23.0 Å². The largest absolute Gasteiger partial charge is 0.324 e. The highest BCUT2D eigenvalue weighted by Crippen LogP contribution is 2.16. The normalized spacial score (nSPS) is 10.0. The Bertz CT molecular complexity index is 591. The minimum Gasteiger partial charge on any atom is -0.324 e. The molecule has 2 aromatic heterocycles. The highest BCUT2D eigenvalue weighted by Gasteiger charge is 2.12. The van der Waals surface area contributed by atoms with Crippen molar-refractivity contribution in [3.05, 3.63) is 48.0 Å². The molecule has 6 nitrogen and oxygen atoms in total. The van der Waals surface area contributed by atoms with Crippen LogP contribution in [0.1, 0.15) is 10.4 Å². The second kappa shape index (κ2) is 5.87. The average molecular weight is 262 g/mol. The van der Waals surface area contributed by atoms with Crippen molar-refractivity contribution < 1.29 is 14.0 Å². The monoisotopic (exact) mass is 262 g/mol. The number of hydroxylamine groups is 1. The van der Waals surface area contributed by atoms with Gasteiger partial charge >= 0.3 is 0 Å². The molecule has 7 heteroatoms. The van der Waals surface area contributed by atoms with E-state index in [1.54, 1.807) is 18.2 Å². The second-order valence-corrected chi connectivity index (χ2v) is 3.51. The zero-order chi connectivity index (χ0) is 13.7. The second-order valence-electron chi connectivity index (χ2n) is 3.51. The van der Waals surface area contributed by atoms with Crippen LogP contribution < -0.4 is 10.8 Å². The summed E-state index contributed by atoms with van der Waals surface area (Å²) < 4.78 is 13.0. The van der Waals surface area contributed by atoms with Crippen molar-refractivity contribution in [2.45, 2.75) is 0 Å². The number of aromatic nitrogens is 2. The first kappa shape index (κ1) is 12.9. The molecule has 19 heavy (non-hydrogen) atoms. The number of nitrogens with zero attached hydrogens (tertiary/aromatic N) is 2. The van der Waals surface area contributed by atoms with Crippen LogP contribution in [-0.2, 0) is 4.84 Å². The highest BCUT2D eigenvalue weighted by molar-refractivity contribution is 5.98. The minimum absolute atomic E-state index is 0.255. The molecule has 2 aromatic rings. The summed E-state index contributed by atoms with van der Waals surface area (Å²) in [6.07, 6.45) is 1.51. The highest BCUT2D eigenvalue weighted by atomic mass is 19.1. The maximum absolute atomic E-state index is 13.0. The van der Waals surface area contributed by atoms with Crippen LogP contribution >= 0.6 is 0 Å². The third-order valence-electron chi connectivity index (χ3n) is 2.21. The summed E-state index contributed by atoms with van der Waals surface area (Å²) in [5.41, 5.74) is 2.45. The summed E-state index contributed by atoms with van der Waals surface area (Å²) in [7, 11) is 1.33. The molecule has 0 spiro atoms. The number of rotatable bonds is 4. The van der Waals surface area contributed by atoms with E-state index in [0.717, 1.165) is 0 Å². The molecule has 2 rings (SSSR count). The molecule has 0 unspecified atom stereocenters. The number of amides is 1. The summed E-state index contributed by atoms with van der Waals surface area (Å²) in [5.74, 6) is -0.571. The lowest BCUT2D eigenvalue weighted by molar-refractivity contribution is 0.0538. The summed E-state index contributed by atoms with van der Waals surface area (Å²) in [5, 5.41) is 2.77. The van der Waals surface area contributed by atoms with E-state index in [9.17, 15) is 9.18 Å². The van der Waals surface area contributed by atoms with Gasteiger partial charge in [0.05, 0.1) is 12.7 Å². The molecule has 0 aliphatic carbocycles. The lowest BCUT2D eigenvalue weighted by Gasteiger charge is -2.09. The Morgan fingerprint density at radius 3 is 2.89 bits per heavy atom. The molecular weight excluding hydrogens is 251 g/mol. The number of halogens is 1. The van der Waals surface area contributed by atoms with E-state index in [0.29, 0.717) is 0 Å². The fourth-order valence-electron chi connectivity index (χ4n) is 1.44. The third kappa shape index (κ3) is 3.23. The quantitative estimate of drug-likeness (QED) is 0.647. The fourth-order valence-corrected chi connectivity index (χ4v) is 1.44. The molecular formula is C12H11FN4O2. The molecule has 0 saturated heterocycles. The standard InChI is InChI=1S/C12H11FN4O2/c1-19-17-12(18)8-4-3-7-14-11(8)16-10-6-2-5-9(13)15-10/h2-7H,1H3,(H,17,18)(H,14,15,16). The van der Waals surface area contributed by atoms with Crippen LogP contribution in [0.5, 0.6) is 0 Å². The van der Waals surface area contributed by atoms with E-state index < -0.39 is 11.9 Å². The molecule has 0 atom stereocenters. The van der Waals surface area contributed by atoms with Gasteiger partial charge in [0.25, 0.3) is 5.91 Å². The average Bonchev–Trinajstić information content (AvgIpc) is 2.39. The fraction of sp³-hybridized carbons (Fsp3) is 0.0833. The third-order valence-corrected chi connectivity index (χ3v) is 2.21. The van der Waals surface area contributed by atoms with Crippen LogP contribution in [0.15, 0.2) is 36.5 Å². The molecule has 0 fully saturated rings. The van der Waals surface area contributed by atoms with Crippen molar-refractivity contribution in [1.29, 1.82) is 0 Å². The van der Waals surface area contributed by atoms with Crippen LogP contribution in [0.3, 0.4) is 0 Å². The van der Waals surface area contributed by atoms with Crippen molar-refractivity contribution in [2.75, 3.05) is 12.4 Å². The molecule has 0 saturated carbocycles. The molecule has 1 amide bonds. The van der Waals surface area contributed by atoms with Crippen molar-refractivity contribution in [2.24, 2.45) is 0 Å². The molecule has 2 heterocycles. The molecule has 98 valence electrons. The Balaban J connectivity index is 2.27. The Kier molecular flexibility index (Phi) is 3.99. The minimum atomic E-state index is -0.621. The van der Waals surface area contributed by atoms with Gasteiger partial charge in [0, 0.05) is 6.20 Å². The molecule has 0 aliphatic rings. The number of hydrogen-bond acceptors (Lipinski definition) is 5. The summed E-state index contributed by atoms with van der Waals surface area (Å²) >= 11 is 0. The first-order valence-corrected chi connectivity index (χ1v) is 5.38. The van der Waals surface area contributed by atoms with Gasteiger partial charge in [-0.2, -0.15) is 4.39 Å². The van der Waals surface area contributed by atoms with Gasteiger partial charge in [-0.15, -0.1) is 0 Å². The van der Waals surface area contributed by atoms with Crippen LogP contribution in [0.4, 0.5) is 16.0 Å². The van der Waals surface area contributed by atoms with Crippen LogP contribution in [0, 0.1) is 5.95 Å². The number of hydrogen-bond donors (Lipinski definition) is 2. The van der Waals surface area contributed by atoms with Crippen molar-refractivity contribution in [1.82, 2.24) is 15.4 Å². The van der Waals surface area contributed by atoms with Gasteiger partial charge in [-0.25, -0.2) is 15.4 Å². The Morgan fingerprint density at radius 1 is 1.32 bits per heavy atom. The molecule has 0 aliphatic heterocycles. The van der Waals surface area contributed by atoms with Gasteiger partial charge in [0.15, 0.2) is 0 Å². The first-order valence-electron chi connectivity index (χ1n) is 5.38. The first-order chi connectivity index (χ1) is 9.20. The summed E-state index contributed by atoms with van der Waals surface area (Å²) in [4.78, 5) is 23.9. The smallest absolute Gasteiger partial charge is 0.278 e. The van der Waals surface area contributed by atoms with Crippen molar-refractivity contribution in [3.63, 3.8) is 0 Å². The summed E-state index contributed by atoms with van der Waals surface area (Å²) in [6.45, 7) is 0. The van der Waals surface area contributed by atoms with Gasteiger partial charge in [-0.1, -0.05) is 6.07 Å². The Hall–Kier alpha value is -2.54. The van der Waals surface area contributed by atoms with E-state index in [2.05, 4.69) is 25.6 Å².